The normalized spacial score (nSPS) is 18.9. The molecule has 0 saturated carbocycles. The molecule has 0 bridgehead atoms. The van der Waals surface area contributed by atoms with Crippen molar-refractivity contribution in [2.45, 2.75) is 51.0 Å². The molecule has 0 aromatic heterocycles. The largest absolute Gasteiger partial charge is 0.444 e. The van der Waals surface area contributed by atoms with Gasteiger partial charge in [0.1, 0.15) is 11.4 Å². The van der Waals surface area contributed by atoms with Gasteiger partial charge in [0.25, 0.3) is 0 Å². The summed E-state index contributed by atoms with van der Waals surface area (Å²) in [6, 6.07) is 5.38. The lowest BCUT2D eigenvalue weighted by Gasteiger charge is -2.34. The van der Waals surface area contributed by atoms with Crippen molar-refractivity contribution >= 4 is 16.1 Å². The van der Waals surface area contributed by atoms with Crippen LogP contribution < -0.4 is 4.72 Å². The van der Waals surface area contributed by atoms with Crippen molar-refractivity contribution in [1.82, 2.24) is 9.62 Å². The predicted octanol–water partition coefficient (Wildman–Crippen LogP) is 2.64. The van der Waals surface area contributed by atoms with Crippen molar-refractivity contribution in [2.24, 2.45) is 0 Å². The molecule has 1 atom stereocenters. The quantitative estimate of drug-likeness (QED) is 0.882. The van der Waals surface area contributed by atoms with Gasteiger partial charge in [0, 0.05) is 24.7 Å². The minimum absolute atomic E-state index is 0.120. The maximum atomic E-state index is 13.7. The number of carbonyl (C=O) groups excluding carboxylic acids is 1. The molecule has 25 heavy (non-hydrogen) atoms. The molecule has 0 unspecified atom stereocenters. The third kappa shape index (κ3) is 6.28. The Morgan fingerprint density at radius 3 is 2.68 bits per heavy atom. The van der Waals surface area contributed by atoms with Crippen LogP contribution in [0.5, 0.6) is 0 Å². The van der Waals surface area contributed by atoms with Gasteiger partial charge in [-0.25, -0.2) is 22.3 Å². The monoisotopic (exact) mass is 372 g/mol. The lowest BCUT2D eigenvalue weighted by molar-refractivity contribution is 0.0195. The summed E-state index contributed by atoms with van der Waals surface area (Å²) in [5, 5.41) is 0. The molecule has 1 N–H and O–H groups in total. The third-order valence-corrected chi connectivity index (χ3v) is 5.11. The Labute approximate surface area is 148 Å². The molecule has 1 aromatic rings. The topological polar surface area (TPSA) is 75.7 Å². The van der Waals surface area contributed by atoms with E-state index in [0.29, 0.717) is 19.4 Å². The number of hydrogen-bond acceptors (Lipinski definition) is 4. The molecule has 140 valence electrons. The standard InChI is InChI=1S/C17H25FN2O4S/c1-17(2,3)24-16(21)20-10-6-8-14(11-20)19-25(22,23)12-13-7-4-5-9-15(13)18/h4-5,7,9,14,19H,6,8,10-12H2,1-3H3/t14-/m0/s1. The third-order valence-electron chi connectivity index (χ3n) is 3.72. The first kappa shape index (κ1) is 19.7. The molecule has 0 spiro atoms. The van der Waals surface area contributed by atoms with Crippen molar-refractivity contribution in [1.29, 1.82) is 0 Å². The summed E-state index contributed by atoms with van der Waals surface area (Å²) in [6.07, 6.45) is 0.840. The van der Waals surface area contributed by atoms with Gasteiger partial charge in [-0.1, -0.05) is 18.2 Å². The van der Waals surface area contributed by atoms with Gasteiger partial charge >= 0.3 is 6.09 Å². The SMILES string of the molecule is CC(C)(C)OC(=O)N1CCC[C@H](NS(=O)(=O)Cc2ccccc2F)C1. The average Bonchev–Trinajstić information content (AvgIpc) is 2.47. The molecule has 1 aliphatic heterocycles. The van der Waals surface area contributed by atoms with Crippen LogP contribution in [0.3, 0.4) is 0 Å². The maximum absolute atomic E-state index is 13.7. The highest BCUT2D eigenvalue weighted by atomic mass is 32.2. The number of nitrogens with zero attached hydrogens (tertiary/aromatic N) is 1. The summed E-state index contributed by atoms with van der Waals surface area (Å²) >= 11 is 0. The molecular weight excluding hydrogens is 347 g/mol. The Kier molecular flexibility index (Phi) is 6.05. The van der Waals surface area contributed by atoms with Gasteiger partial charge in [0.05, 0.1) is 5.75 Å². The minimum atomic E-state index is -3.71. The number of halogens is 1. The predicted molar refractivity (Wildman–Crippen MR) is 93.0 cm³/mol. The van der Waals surface area contributed by atoms with E-state index in [2.05, 4.69) is 4.72 Å². The zero-order chi connectivity index (χ0) is 18.7. The van der Waals surface area contributed by atoms with E-state index in [9.17, 15) is 17.6 Å². The lowest BCUT2D eigenvalue weighted by Crippen LogP contribution is -2.50. The Hall–Kier alpha value is -1.67. The van der Waals surface area contributed by atoms with Crippen LogP contribution in [-0.4, -0.2) is 44.1 Å². The van der Waals surface area contributed by atoms with Crippen LogP contribution in [0.15, 0.2) is 24.3 Å². The van der Waals surface area contributed by atoms with E-state index in [1.54, 1.807) is 26.8 Å². The average molecular weight is 372 g/mol. The number of piperidine rings is 1. The molecule has 1 amide bonds. The fourth-order valence-electron chi connectivity index (χ4n) is 2.68. The zero-order valence-corrected chi connectivity index (χ0v) is 15.6. The molecule has 1 aliphatic rings. The van der Waals surface area contributed by atoms with Crippen LogP contribution >= 0.6 is 0 Å². The highest BCUT2D eigenvalue weighted by molar-refractivity contribution is 7.88. The van der Waals surface area contributed by atoms with E-state index in [-0.39, 0.29) is 12.1 Å². The summed E-state index contributed by atoms with van der Waals surface area (Å²) in [4.78, 5) is 13.6. The molecule has 1 fully saturated rings. The second kappa shape index (κ2) is 7.70. The lowest BCUT2D eigenvalue weighted by atomic mass is 10.1. The van der Waals surface area contributed by atoms with Gasteiger partial charge < -0.3 is 9.64 Å². The molecule has 1 saturated heterocycles. The van der Waals surface area contributed by atoms with Crippen molar-refractivity contribution in [3.63, 3.8) is 0 Å². The van der Waals surface area contributed by atoms with Crippen LogP contribution in [0, 0.1) is 5.82 Å². The Morgan fingerprint density at radius 2 is 2.04 bits per heavy atom. The Bertz CT molecular complexity index is 716. The first-order valence-corrected chi connectivity index (χ1v) is 9.92. The number of benzene rings is 1. The number of carbonyl (C=O) groups is 1. The fraction of sp³-hybridized carbons (Fsp3) is 0.588. The number of hydrogen-bond donors (Lipinski definition) is 1. The van der Waals surface area contributed by atoms with Gasteiger partial charge in [-0.15, -0.1) is 0 Å². The number of nitrogens with one attached hydrogen (secondary N) is 1. The maximum Gasteiger partial charge on any atom is 0.410 e. The van der Waals surface area contributed by atoms with Gasteiger partial charge in [-0.3, -0.25) is 0 Å². The van der Waals surface area contributed by atoms with E-state index in [0.717, 1.165) is 0 Å². The van der Waals surface area contributed by atoms with E-state index in [4.69, 9.17) is 4.74 Å². The van der Waals surface area contributed by atoms with Crippen molar-refractivity contribution in [3.05, 3.63) is 35.6 Å². The molecule has 1 aromatic carbocycles. The van der Waals surface area contributed by atoms with Crippen molar-refractivity contribution in [2.75, 3.05) is 13.1 Å². The number of rotatable bonds is 4. The Balaban J connectivity index is 1.97. The number of amides is 1. The fourth-order valence-corrected chi connectivity index (χ4v) is 4.11. The van der Waals surface area contributed by atoms with Gasteiger partial charge in [0.15, 0.2) is 0 Å². The summed E-state index contributed by atoms with van der Waals surface area (Å²) < 4.78 is 46.2. The zero-order valence-electron chi connectivity index (χ0n) is 14.8. The van der Waals surface area contributed by atoms with Crippen LogP contribution in [0.4, 0.5) is 9.18 Å². The Morgan fingerprint density at radius 1 is 1.36 bits per heavy atom. The number of likely N-dealkylation sites (tertiary alicyclic amines) is 1. The number of ether oxygens (including phenoxy) is 1. The summed E-state index contributed by atoms with van der Waals surface area (Å²) in [7, 11) is -3.71. The number of sulfonamides is 1. The van der Waals surface area contributed by atoms with E-state index < -0.39 is 39.3 Å². The second-order valence-electron chi connectivity index (χ2n) is 7.23. The van der Waals surface area contributed by atoms with Crippen LogP contribution in [-0.2, 0) is 20.5 Å². The highest BCUT2D eigenvalue weighted by Gasteiger charge is 2.29. The van der Waals surface area contributed by atoms with Crippen molar-refractivity contribution < 1.29 is 22.3 Å². The van der Waals surface area contributed by atoms with E-state index >= 15 is 0 Å². The van der Waals surface area contributed by atoms with Crippen molar-refractivity contribution in [3.8, 4) is 0 Å². The van der Waals surface area contributed by atoms with Crippen LogP contribution in [0.1, 0.15) is 39.2 Å². The molecule has 0 radical (unpaired) electrons. The molecule has 0 aliphatic carbocycles. The van der Waals surface area contributed by atoms with Crippen LogP contribution in [0.25, 0.3) is 0 Å². The van der Waals surface area contributed by atoms with E-state index in [1.165, 1.54) is 23.1 Å². The van der Waals surface area contributed by atoms with Gasteiger partial charge in [0.2, 0.25) is 10.0 Å². The highest BCUT2D eigenvalue weighted by Crippen LogP contribution is 2.17. The molecular formula is C17H25FN2O4S. The van der Waals surface area contributed by atoms with E-state index in [1.807, 2.05) is 0 Å². The minimum Gasteiger partial charge on any atom is -0.444 e. The summed E-state index contributed by atoms with van der Waals surface area (Å²) in [5.74, 6) is -0.977. The first-order valence-electron chi connectivity index (χ1n) is 8.27. The summed E-state index contributed by atoms with van der Waals surface area (Å²) in [6.45, 7) is 6.11. The molecule has 2 rings (SSSR count). The molecule has 6 nitrogen and oxygen atoms in total. The molecule has 8 heteroatoms. The van der Waals surface area contributed by atoms with Gasteiger partial charge in [-0.2, -0.15) is 0 Å². The summed E-state index contributed by atoms with van der Waals surface area (Å²) in [5.41, 5.74) is -0.483. The first-order chi connectivity index (χ1) is 11.6. The van der Waals surface area contributed by atoms with Crippen LogP contribution in [0.2, 0.25) is 0 Å². The molecule has 1 heterocycles. The smallest absolute Gasteiger partial charge is 0.410 e. The second-order valence-corrected chi connectivity index (χ2v) is 8.99. The van der Waals surface area contributed by atoms with Gasteiger partial charge in [-0.05, 0) is 39.7 Å².